The number of rotatable bonds is 1. The van der Waals surface area contributed by atoms with Gasteiger partial charge in [-0.15, -0.1) is 0 Å². The highest BCUT2D eigenvalue weighted by atomic mass is 16.5. The summed E-state index contributed by atoms with van der Waals surface area (Å²) in [5, 5.41) is 6.86. The van der Waals surface area contributed by atoms with Gasteiger partial charge in [0, 0.05) is 0 Å². The summed E-state index contributed by atoms with van der Waals surface area (Å²) in [7, 11) is 0. The van der Waals surface area contributed by atoms with E-state index < -0.39 is 0 Å². The molecule has 0 saturated heterocycles. The van der Waals surface area contributed by atoms with Crippen LogP contribution in [0, 0.1) is 5.41 Å². The molecule has 0 spiro atoms. The lowest BCUT2D eigenvalue weighted by Crippen LogP contribution is -2.15. The zero-order chi connectivity index (χ0) is 6.69. The fourth-order valence-electron chi connectivity index (χ4n) is 0.389. The first-order chi connectivity index (χ1) is 4.30. The molecular formula is C5H6N2O2. The van der Waals surface area contributed by atoms with Gasteiger partial charge < -0.3 is 15.2 Å². The van der Waals surface area contributed by atoms with Gasteiger partial charge in [0.15, 0.2) is 5.84 Å². The maximum Gasteiger partial charge on any atom is 0.202 e. The number of hydrogen-bond acceptors (Lipinski definition) is 3. The Morgan fingerprint density at radius 3 is 2.67 bits per heavy atom. The summed E-state index contributed by atoms with van der Waals surface area (Å²) in [6, 6.07) is 0. The molecule has 9 heavy (non-hydrogen) atoms. The van der Waals surface area contributed by atoms with Gasteiger partial charge in [-0.2, -0.15) is 0 Å². The Balaban J connectivity index is 2.61. The molecule has 0 aromatic rings. The van der Waals surface area contributed by atoms with Crippen molar-refractivity contribution >= 4 is 5.84 Å². The molecule has 3 N–H and O–H groups in total. The van der Waals surface area contributed by atoms with Gasteiger partial charge in [-0.3, -0.25) is 5.41 Å². The van der Waals surface area contributed by atoms with Gasteiger partial charge in [-0.1, -0.05) is 0 Å². The van der Waals surface area contributed by atoms with Crippen LogP contribution in [0.2, 0.25) is 0 Å². The molecule has 1 aliphatic rings. The van der Waals surface area contributed by atoms with Crippen LogP contribution >= 0.6 is 0 Å². The van der Waals surface area contributed by atoms with Crippen LogP contribution in [0.5, 0.6) is 0 Å². The molecule has 0 unspecified atom stereocenters. The van der Waals surface area contributed by atoms with E-state index in [0.29, 0.717) is 0 Å². The predicted molar refractivity (Wildman–Crippen MR) is 31.3 cm³/mol. The largest absolute Gasteiger partial charge is 0.465 e. The Labute approximate surface area is 52.1 Å². The Bertz CT molecular complexity index is 183. The highest BCUT2D eigenvalue weighted by Gasteiger charge is 2.02. The Hall–Kier alpha value is -1.45. The van der Waals surface area contributed by atoms with Crippen molar-refractivity contribution in [3.63, 3.8) is 0 Å². The summed E-state index contributed by atoms with van der Waals surface area (Å²) in [6.07, 6.45) is 3.94. The van der Waals surface area contributed by atoms with E-state index in [0.717, 1.165) is 0 Å². The minimum Gasteiger partial charge on any atom is -0.465 e. The van der Waals surface area contributed by atoms with Crippen molar-refractivity contribution in [3.8, 4) is 0 Å². The summed E-state index contributed by atoms with van der Waals surface area (Å²) in [5.74, 6) is 0.0943. The minimum atomic E-state index is -0.139. The standard InChI is InChI=1S/C5H6N2O2/c6-5(7)4-3-8-1-2-9-4/h1-3H,(H3,6,7). The fraction of sp³-hybridized carbons (Fsp3) is 0. The van der Waals surface area contributed by atoms with Crippen LogP contribution in [0.1, 0.15) is 0 Å². The Morgan fingerprint density at radius 2 is 2.33 bits per heavy atom. The molecule has 1 aliphatic heterocycles. The first-order valence-electron chi connectivity index (χ1n) is 2.32. The number of nitrogens with two attached hydrogens (primary N) is 1. The lowest BCUT2D eigenvalue weighted by Gasteiger charge is -2.06. The summed E-state index contributed by atoms with van der Waals surface area (Å²) in [5.41, 5.74) is 5.04. The van der Waals surface area contributed by atoms with Gasteiger partial charge in [0.05, 0.1) is 0 Å². The van der Waals surface area contributed by atoms with Crippen molar-refractivity contribution in [3.05, 3.63) is 24.5 Å². The lowest BCUT2D eigenvalue weighted by molar-refractivity contribution is 0.273. The average Bonchev–Trinajstić information content (AvgIpc) is 1.90. The van der Waals surface area contributed by atoms with Gasteiger partial charge in [-0.25, -0.2) is 0 Å². The van der Waals surface area contributed by atoms with E-state index in [1.165, 1.54) is 18.8 Å². The third-order valence-corrected chi connectivity index (χ3v) is 0.770. The van der Waals surface area contributed by atoms with Crippen molar-refractivity contribution in [2.75, 3.05) is 0 Å². The van der Waals surface area contributed by atoms with E-state index >= 15 is 0 Å². The van der Waals surface area contributed by atoms with E-state index in [-0.39, 0.29) is 11.6 Å². The molecule has 0 aliphatic carbocycles. The number of hydrogen-bond donors (Lipinski definition) is 2. The summed E-state index contributed by atoms with van der Waals surface area (Å²) in [6.45, 7) is 0. The van der Waals surface area contributed by atoms with Gasteiger partial charge in [0.2, 0.25) is 5.76 Å². The average molecular weight is 126 g/mol. The fourth-order valence-corrected chi connectivity index (χ4v) is 0.389. The van der Waals surface area contributed by atoms with Crippen LogP contribution in [0.3, 0.4) is 0 Å². The molecule has 1 rings (SSSR count). The molecule has 0 aromatic carbocycles. The van der Waals surface area contributed by atoms with Gasteiger partial charge in [0.1, 0.15) is 18.8 Å². The second-order valence-electron chi connectivity index (χ2n) is 1.42. The van der Waals surface area contributed by atoms with Crippen molar-refractivity contribution in [1.29, 1.82) is 5.41 Å². The Morgan fingerprint density at radius 1 is 1.56 bits per heavy atom. The summed E-state index contributed by atoms with van der Waals surface area (Å²) >= 11 is 0. The molecular weight excluding hydrogens is 120 g/mol. The van der Waals surface area contributed by atoms with E-state index in [1.807, 2.05) is 0 Å². The van der Waals surface area contributed by atoms with Crippen molar-refractivity contribution in [2.24, 2.45) is 5.73 Å². The molecule has 0 atom stereocenters. The van der Waals surface area contributed by atoms with Gasteiger partial charge in [0.25, 0.3) is 0 Å². The topological polar surface area (TPSA) is 68.3 Å². The predicted octanol–water partition coefficient (Wildman–Crippen LogP) is 0.282. The molecule has 1 heterocycles. The van der Waals surface area contributed by atoms with E-state index in [9.17, 15) is 0 Å². The van der Waals surface area contributed by atoms with Crippen LogP contribution in [0.25, 0.3) is 0 Å². The minimum absolute atomic E-state index is 0.139. The quantitative estimate of drug-likeness (QED) is 0.391. The molecule has 4 nitrogen and oxygen atoms in total. The second kappa shape index (κ2) is 2.21. The first kappa shape index (κ1) is 5.68. The second-order valence-corrected chi connectivity index (χ2v) is 1.42. The van der Waals surface area contributed by atoms with Crippen molar-refractivity contribution in [1.82, 2.24) is 0 Å². The maximum absolute atomic E-state index is 6.86. The van der Waals surface area contributed by atoms with E-state index in [4.69, 9.17) is 15.9 Å². The third-order valence-electron chi connectivity index (χ3n) is 0.770. The molecule has 0 radical (unpaired) electrons. The van der Waals surface area contributed by atoms with E-state index in [1.54, 1.807) is 0 Å². The highest BCUT2D eigenvalue weighted by Crippen LogP contribution is 2.03. The van der Waals surface area contributed by atoms with Gasteiger partial charge >= 0.3 is 0 Å². The number of ether oxygens (including phenoxy) is 2. The van der Waals surface area contributed by atoms with Crippen LogP contribution in [0.4, 0.5) is 0 Å². The molecule has 0 saturated carbocycles. The SMILES string of the molecule is N=C(N)C1=COC=CO1. The van der Waals surface area contributed by atoms with Crippen LogP contribution < -0.4 is 5.73 Å². The molecule has 4 heteroatoms. The molecule has 48 valence electrons. The Kier molecular flexibility index (Phi) is 1.40. The molecule has 0 aromatic heterocycles. The maximum atomic E-state index is 6.86. The van der Waals surface area contributed by atoms with Crippen molar-refractivity contribution in [2.45, 2.75) is 0 Å². The molecule has 0 bridgehead atoms. The van der Waals surface area contributed by atoms with Crippen LogP contribution in [-0.4, -0.2) is 5.84 Å². The third kappa shape index (κ3) is 1.22. The van der Waals surface area contributed by atoms with E-state index in [2.05, 4.69) is 4.74 Å². The zero-order valence-electron chi connectivity index (χ0n) is 4.63. The van der Waals surface area contributed by atoms with Crippen LogP contribution in [-0.2, 0) is 9.47 Å². The van der Waals surface area contributed by atoms with Crippen molar-refractivity contribution < 1.29 is 9.47 Å². The summed E-state index contributed by atoms with van der Waals surface area (Å²) < 4.78 is 9.40. The van der Waals surface area contributed by atoms with Gasteiger partial charge in [-0.05, 0) is 0 Å². The lowest BCUT2D eigenvalue weighted by atomic mass is 10.5. The number of amidine groups is 1. The zero-order valence-corrected chi connectivity index (χ0v) is 4.63. The van der Waals surface area contributed by atoms with Crippen LogP contribution in [0.15, 0.2) is 24.5 Å². The molecule has 0 amide bonds. The monoisotopic (exact) mass is 126 g/mol. The first-order valence-corrected chi connectivity index (χ1v) is 2.32. The molecule has 0 fully saturated rings. The smallest absolute Gasteiger partial charge is 0.202 e. The highest BCUT2D eigenvalue weighted by molar-refractivity contribution is 5.92. The summed E-state index contributed by atoms with van der Waals surface area (Å²) in [4.78, 5) is 0. The normalized spacial score (nSPS) is 15.3. The number of nitrogens with one attached hydrogen (secondary N) is 1.